The van der Waals surface area contributed by atoms with Crippen LogP contribution in [0.25, 0.3) is 0 Å². The van der Waals surface area contributed by atoms with Gasteiger partial charge in [-0.15, -0.1) is 0 Å². The van der Waals surface area contributed by atoms with E-state index in [-0.39, 0.29) is 18.8 Å². The van der Waals surface area contributed by atoms with Crippen LogP contribution in [0.3, 0.4) is 0 Å². The van der Waals surface area contributed by atoms with E-state index in [4.69, 9.17) is 14.2 Å². The highest BCUT2D eigenvalue weighted by Crippen LogP contribution is 2.32. The summed E-state index contributed by atoms with van der Waals surface area (Å²) in [6, 6.07) is 5.58. The standard InChI is InChI=1S/C18H20N4O4/c23-17(19-7-12-3-4-15-16(6-12)26-11-25-15)13-8-20-18(21-9-13)22-10-14-2-1-5-24-14/h3-4,6,8-9,14H,1-2,5,7,10-11H2,(H,19,23)(H,20,21,22). The maximum absolute atomic E-state index is 12.2. The van der Waals surface area contributed by atoms with Gasteiger partial charge in [0.1, 0.15) is 0 Å². The first-order valence-electron chi connectivity index (χ1n) is 8.62. The largest absolute Gasteiger partial charge is 0.454 e. The zero-order valence-corrected chi connectivity index (χ0v) is 14.2. The Bertz CT molecular complexity index is 775. The van der Waals surface area contributed by atoms with Crippen LogP contribution in [0.4, 0.5) is 5.95 Å². The second kappa shape index (κ2) is 7.57. The Hall–Kier alpha value is -2.87. The number of anilines is 1. The molecule has 8 heteroatoms. The molecule has 2 aliphatic heterocycles. The number of benzene rings is 1. The summed E-state index contributed by atoms with van der Waals surface area (Å²) >= 11 is 0. The molecule has 1 fully saturated rings. The van der Waals surface area contributed by atoms with E-state index in [0.717, 1.165) is 30.8 Å². The number of hydrogen-bond donors (Lipinski definition) is 2. The van der Waals surface area contributed by atoms with Crippen LogP contribution in [0.1, 0.15) is 28.8 Å². The molecule has 1 atom stereocenters. The number of carbonyl (C=O) groups is 1. The summed E-state index contributed by atoms with van der Waals surface area (Å²) in [5, 5.41) is 5.98. The first-order valence-corrected chi connectivity index (χ1v) is 8.62. The fraction of sp³-hybridized carbons (Fsp3) is 0.389. The Balaban J connectivity index is 1.28. The number of aromatic nitrogens is 2. The van der Waals surface area contributed by atoms with Gasteiger partial charge >= 0.3 is 0 Å². The van der Waals surface area contributed by atoms with Crippen molar-refractivity contribution in [3.8, 4) is 11.5 Å². The Morgan fingerprint density at radius 3 is 2.85 bits per heavy atom. The van der Waals surface area contributed by atoms with E-state index in [0.29, 0.717) is 30.4 Å². The predicted molar refractivity (Wildman–Crippen MR) is 93.2 cm³/mol. The minimum Gasteiger partial charge on any atom is -0.454 e. The lowest BCUT2D eigenvalue weighted by Crippen LogP contribution is -2.23. The minimum atomic E-state index is -0.228. The Kier molecular flexibility index (Phi) is 4.83. The van der Waals surface area contributed by atoms with E-state index in [1.165, 1.54) is 12.4 Å². The number of rotatable bonds is 6. The van der Waals surface area contributed by atoms with Gasteiger partial charge in [0, 0.05) is 32.1 Å². The second-order valence-corrected chi connectivity index (χ2v) is 6.18. The van der Waals surface area contributed by atoms with E-state index >= 15 is 0 Å². The third kappa shape index (κ3) is 3.85. The van der Waals surface area contributed by atoms with Crippen molar-refractivity contribution in [3.63, 3.8) is 0 Å². The average Bonchev–Trinajstić information content (AvgIpc) is 3.36. The van der Waals surface area contributed by atoms with Crippen LogP contribution in [-0.4, -0.2) is 41.9 Å². The summed E-state index contributed by atoms with van der Waals surface area (Å²) in [4.78, 5) is 20.6. The molecule has 2 aliphatic rings. The van der Waals surface area contributed by atoms with Crippen molar-refractivity contribution in [2.75, 3.05) is 25.3 Å². The van der Waals surface area contributed by atoms with Crippen molar-refractivity contribution in [3.05, 3.63) is 41.7 Å². The molecule has 0 aliphatic carbocycles. The number of nitrogens with zero attached hydrogens (tertiary/aromatic N) is 2. The molecule has 0 saturated carbocycles. The second-order valence-electron chi connectivity index (χ2n) is 6.18. The SMILES string of the molecule is O=C(NCc1ccc2c(c1)OCO2)c1cnc(NCC2CCCO2)nc1. The fourth-order valence-corrected chi connectivity index (χ4v) is 2.88. The van der Waals surface area contributed by atoms with Crippen LogP contribution in [0, 0.1) is 0 Å². The van der Waals surface area contributed by atoms with E-state index in [1.807, 2.05) is 18.2 Å². The Labute approximate surface area is 150 Å². The number of ether oxygens (including phenoxy) is 3. The van der Waals surface area contributed by atoms with Crippen LogP contribution in [-0.2, 0) is 11.3 Å². The summed E-state index contributed by atoms with van der Waals surface area (Å²) in [7, 11) is 0. The number of hydrogen-bond acceptors (Lipinski definition) is 7. The maximum Gasteiger partial charge on any atom is 0.254 e. The van der Waals surface area contributed by atoms with Gasteiger partial charge in [-0.1, -0.05) is 6.07 Å². The molecule has 2 aromatic rings. The van der Waals surface area contributed by atoms with Gasteiger partial charge in [0.25, 0.3) is 5.91 Å². The van der Waals surface area contributed by atoms with Crippen molar-refractivity contribution in [2.45, 2.75) is 25.5 Å². The summed E-state index contributed by atoms with van der Waals surface area (Å²) in [5.41, 5.74) is 1.34. The van der Waals surface area contributed by atoms with E-state index in [1.54, 1.807) is 0 Å². The van der Waals surface area contributed by atoms with Gasteiger partial charge in [-0.25, -0.2) is 9.97 Å². The lowest BCUT2D eigenvalue weighted by Gasteiger charge is -2.10. The highest BCUT2D eigenvalue weighted by Gasteiger charge is 2.16. The van der Waals surface area contributed by atoms with Gasteiger partial charge in [0.15, 0.2) is 11.5 Å². The zero-order chi connectivity index (χ0) is 17.8. The summed E-state index contributed by atoms with van der Waals surface area (Å²) in [6.45, 7) is 2.11. The molecule has 2 N–H and O–H groups in total. The molecular formula is C18H20N4O4. The minimum absolute atomic E-state index is 0.211. The highest BCUT2D eigenvalue weighted by molar-refractivity contribution is 5.93. The van der Waals surface area contributed by atoms with Gasteiger partial charge in [0.2, 0.25) is 12.7 Å². The van der Waals surface area contributed by atoms with Crippen molar-refractivity contribution in [1.82, 2.24) is 15.3 Å². The zero-order valence-electron chi connectivity index (χ0n) is 14.2. The molecule has 0 radical (unpaired) electrons. The molecule has 4 rings (SSSR count). The maximum atomic E-state index is 12.2. The van der Waals surface area contributed by atoms with Crippen LogP contribution < -0.4 is 20.1 Å². The summed E-state index contributed by atoms with van der Waals surface area (Å²) in [6.07, 6.45) is 5.38. The van der Waals surface area contributed by atoms with Gasteiger partial charge < -0.3 is 24.8 Å². The quantitative estimate of drug-likeness (QED) is 0.814. The van der Waals surface area contributed by atoms with Crippen molar-refractivity contribution in [2.24, 2.45) is 0 Å². The number of carbonyl (C=O) groups excluding carboxylic acids is 1. The predicted octanol–water partition coefficient (Wildman–Crippen LogP) is 1.73. The lowest BCUT2D eigenvalue weighted by molar-refractivity contribution is 0.0950. The summed E-state index contributed by atoms with van der Waals surface area (Å²) < 4.78 is 16.1. The van der Waals surface area contributed by atoms with Gasteiger partial charge in [-0.2, -0.15) is 0 Å². The number of amides is 1. The molecule has 26 heavy (non-hydrogen) atoms. The molecular weight excluding hydrogens is 336 g/mol. The van der Waals surface area contributed by atoms with E-state index < -0.39 is 0 Å². The molecule has 0 spiro atoms. The molecule has 1 aromatic heterocycles. The van der Waals surface area contributed by atoms with Crippen LogP contribution >= 0.6 is 0 Å². The smallest absolute Gasteiger partial charge is 0.254 e. The molecule has 0 bridgehead atoms. The molecule has 1 saturated heterocycles. The molecule has 1 aromatic carbocycles. The number of fused-ring (bicyclic) bond motifs is 1. The lowest BCUT2D eigenvalue weighted by atomic mass is 10.2. The number of nitrogens with one attached hydrogen (secondary N) is 2. The van der Waals surface area contributed by atoms with E-state index in [2.05, 4.69) is 20.6 Å². The Morgan fingerprint density at radius 1 is 1.19 bits per heavy atom. The van der Waals surface area contributed by atoms with Crippen LogP contribution in [0.15, 0.2) is 30.6 Å². The molecule has 136 valence electrons. The third-order valence-electron chi connectivity index (χ3n) is 4.32. The Morgan fingerprint density at radius 2 is 2.04 bits per heavy atom. The normalized spacial score (nSPS) is 17.9. The molecule has 1 amide bonds. The van der Waals surface area contributed by atoms with E-state index in [9.17, 15) is 4.79 Å². The molecule has 3 heterocycles. The first kappa shape index (κ1) is 16.6. The highest BCUT2D eigenvalue weighted by atomic mass is 16.7. The van der Waals surface area contributed by atoms with Crippen molar-refractivity contribution < 1.29 is 19.0 Å². The summed E-state index contributed by atoms with van der Waals surface area (Å²) in [5.74, 6) is 1.68. The third-order valence-corrected chi connectivity index (χ3v) is 4.32. The van der Waals surface area contributed by atoms with Gasteiger partial charge in [0.05, 0.1) is 11.7 Å². The van der Waals surface area contributed by atoms with Crippen molar-refractivity contribution >= 4 is 11.9 Å². The van der Waals surface area contributed by atoms with Crippen LogP contribution in [0.5, 0.6) is 11.5 Å². The molecule has 1 unspecified atom stereocenters. The molecule has 8 nitrogen and oxygen atoms in total. The average molecular weight is 356 g/mol. The van der Waals surface area contributed by atoms with Gasteiger partial charge in [-0.05, 0) is 30.5 Å². The van der Waals surface area contributed by atoms with Crippen molar-refractivity contribution in [1.29, 1.82) is 0 Å². The van der Waals surface area contributed by atoms with Gasteiger partial charge in [-0.3, -0.25) is 4.79 Å². The monoisotopic (exact) mass is 356 g/mol. The van der Waals surface area contributed by atoms with Crippen LogP contribution in [0.2, 0.25) is 0 Å². The topological polar surface area (TPSA) is 94.6 Å². The first-order chi connectivity index (χ1) is 12.8. The fourth-order valence-electron chi connectivity index (χ4n) is 2.88.